The minimum absolute atomic E-state index is 0.364. The molecule has 16 heavy (non-hydrogen) atoms. The van der Waals surface area contributed by atoms with E-state index >= 15 is 0 Å². The minimum Gasteiger partial charge on any atom is -0.496 e. The van der Waals surface area contributed by atoms with Crippen molar-refractivity contribution in [2.45, 2.75) is 32.6 Å². The maximum Gasteiger partial charge on any atom is 0.339 e. The number of methoxy groups -OCH3 is 1. The Morgan fingerprint density at radius 1 is 1.31 bits per heavy atom. The molecule has 0 saturated heterocycles. The van der Waals surface area contributed by atoms with E-state index in [0.717, 1.165) is 36.8 Å². The summed E-state index contributed by atoms with van der Waals surface area (Å²) in [7, 11) is 1.52. The van der Waals surface area contributed by atoms with Crippen LogP contribution < -0.4 is 4.74 Å². The summed E-state index contributed by atoms with van der Waals surface area (Å²) in [6.45, 7) is 2.03. The van der Waals surface area contributed by atoms with Crippen LogP contribution in [0.4, 0.5) is 0 Å². The predicted molar refractivity (Wildman–Crippen MR) is 61.3 cm³/mol. The van der Waals surface area contributed by atoms with E-state index < -0.39 is 5.97 Å². The van der Waals surface area contributed by atoms with Crippen molar-refractivity contribution in [2.75, 3.05) is 7.11 Å². The van der Waals surface area contributed by atoms with Gasteiger partial charge < -0.3 is 9.84 Å². The molecule has 0 spiro atoms. The number of aromatic carboxylic acids is 1. The van der Waals surface area contributed by atoms with Crippen LogP contribution in [0.2, 0.25) is 0 Å². The second kappa shape index (κ2) is 4.16. The monoisotopic (exact) mass is 220 g/mol. The van der Waals surface area contributed by atoms with Crippen LogP contribution in [-0.2, 0) is 12.8 Å². The highest BCUT2D eigenvalue weighted by Gasteiger charge is 2.23. The van der Waals surface area contributed by atoms with Gasteiger partial charge in [-0.25, -0.2) is 4.79 Å². The Hall–Kier alpha value is -1.51. The number of aryl methyl sites for hydroxylation is 1. The molecular weight excluding hydrogens is 204 g/mol. The molecule has 86 valence electrons. The molecule has 0 atom stereocenters. The molecule has 0 amide bonds. The Bertz CT molecular complexity index is 435. The van der Waals surface area contributed by atoms with Crippen molar-refractivity contribution in [3.63, 3.8) is 0 Å². The maximum atomic E-state index is 11.3. The highest BCUT2D eigenvalue weighted by Crippen LogP contribution is 2.33. The zero-order chi connectivity index (χ0) is 11.7. The summed E-state index contributed by atoms with van der Waals surface area (Å²) in [4.78, 5) is 11.3. The molecule has 0 aromatic heterocycles. The minimum atomic E-state index is -0.880. The molecule has 0 heterocycles. The predicted octanol–water partition coefficient (Wildman–Crippen LogP) is 2.58. The van der Waals surface area contributed by atoms with Crippen LogP contribution in [0.15, 0.2) is 6.07 Å². The van der Waals surface area contributed by atoms with Crippen molar-refractivity contribution < 1.29 is 14.6 Å². The third-order valence-corrected chi connectivity index (χ3v) is 3.27. The van der Waals surface area contributed by atoms with Crippen molar-refractivity contribution in [1.82, 2.24) is 0 Å². The smallest absolute Gasteiger partial charge is 0.339 e. The summed E-state index contributed by atoms with van der Waals surface area (Å²) >= 11 is 0. The topological polar surface area (TPSA) is 46.5 Å². The van der Waals surface area contributed by atoms with Crippen LogP contribution in [0, 0.1) is 6.92 Å². The van der Waals surface area contributed by atoms with Gasteiger partial charge in [-0.05, 0) is 55.4 Å². The Morgan fingerprint density at radius 2 is 1.94 bits per heavy atom. The summed E-state index contributed by atoms with van der Waals surface area (Å²) in [6, 6.07) is 1.84. The molecular formula is C13H16O3. The van der Waals surface area contributed by atoms with Gasteiger partial charge >= 0.3 is 5.97 Å². The molecule has 1 aromatic carbocycles. The first kappa shape index (κ1) is 11.0. The molecule has 1 aromatic rings. The number of rotatable bonds is 2. The van der Waals surface area contributed by atoms with Gasteiger partial charge in [0.15, 0.2) is 0 Å². The van der Waals surface area contributed by atoms with E-state index in [1.165, 1.54) is 12.7 Å². The highest BCUT2D eigenvalue weighted by molar-refractivity contribution is 5.93. The lowest BCUT2D eigenvalue weighted by Crippen LogP contribution is -2.13. The van der Waals surface area contributed by atoms with Crippen LogP contribution >= 0.6 is 0 Å². The first-order valence-electron chi connectivity index (χ1n) is 5.57. The highest BCUT2D eigenvalue weighted by atomic mass is 16.5. The molecule has 0 unspecified atom stereocenters. The molecule has 0 fully saturated rings. The van der Waals surface area contributed by atoms with E-state index in [-0.39, 0.29) is 0 Å². The SMILES string of the molecule is COc1cc(C)c2c(c1C(=O)O)CCCC2. The number of carboxylic acids is 1. The Morgan fingerprint density at radius 3 is 2.50 bits per heavy atom. The van der Waals surface area contributed by atoms with Gasteiger partial charge in [0.1, 0.15) is 11.3 Å². The van der Waals surface area contributed by atoms with Gasteiger partial charge in [-0.15, -0.1) is 0 Å². The van der Waals surface area contributed by atoms with Gasteiger partial charge in [0.05, 0.1) is 7.11 Å². The standard InChI is InChI=1S/C13H16O3/c1-8-7-11(16-2)12(13(14)15)10-6-4-3-5-9(8)10/h7H,3-6H2,1-2H3,(H,14,15). The van der Waals surface area contributed by atoms with Crippen LogP contribution in [-0.4, -0.2) is 18.2 Å². The van der Waals surface area contributed by atoms with Crippen LogP contribution in [0.3, 0.4) is 0 Å². The van der Waals surface area contributed by atoms with E-state index in [1.807, 2.05) is 13.0 Å². The van der Waals surface area contributed by atoms with Crippen LogP contribution in [0.25, 0.3) is 0 Å². The Balaban J connectivity index is 2.68. The first-order valence-corrected chi connectivity index (χ1v) is 5.57. The summed E-state index contributed by atoms with van der Waals surface area (Å²) in [5.74, 6) is -0.388. The molecule has 0 bridgehead atoms. The zero-order valence-corrected chi connectivity index (χ0v) is 9.67. The first-order chi connectivity index (χ1) is 7.65. The summed E-state index contributed by atoms with van der Waals surface area (Å²) in [5, 5.41) is 9.26. The fraction of sp³-hybridized carbons (Fsp3) is 0.462. The average Bonchev–Trinajstić information content (AvgIpc) is 2.28. The van der Waals surface area contributed by atoms with Gasteiger partial charge in [0, 0.05) is 0 Å². The van der Waals surface area contributed by atoms with Crippen LogP contribution in [0.1, 0.15) is 39.9 Å². The molecule has 1 N–H and O–H groups in total. The van der Waals surface area contributed by atoms with E-state index in [4.69, 9.17) is 4.74 Å². The summed E-state index contributed by atoms with van der Waals surface area (Å²) < 4.78 is 5.17. The van der Waals surface area contributed by atoms with E-state index in [1.54, 1.807) is 0 Å². The lowest BCUT2D eigenvalue weighted by molar-refractivity contribution is 0.0691. The second-order valence-electron chi connectivity index (χ2n) is 4.24. The number of hydrogen-bond acceptors (Lipinski definition) is 2. The van der Waals surface area contributed by atoms with Crippen molar-refractivity contribution in [3.8, 4) is 5.75 Å². The maximum absolute atomic E-state index is 11.3. The summed E-state index contributed by atoms with van der Waals surface area (Å²) in [6.07, 6.45) is 4.07. The van der Waals surface area contributed by atoms with Crippen molar-refractivity contribution in [3.05, 3.63) is 28.3 Å². The quantitative estimate of drug-likeness (QED) is 0.833. The van der Waals surface area contributed by atoms with Gasteiger partial charge in [-0.3, -0.25) is 0 Å². The lowest BCUT2D eigenvalue weighted by Gasteiger charge is -2.22. The number of fused-ring (bicyclic) bond motifs is 1. The zero-order valence-electron chi connectivity index (χ0n) is 9.67. The van der Waals surface area contributed by atoms with Gasteiger partial charge in [0.2, 0.25) is 0 Å². The summed E-state index contributed by atoms with van der Waals surface area (Å²) in [5.41, 5.74) is 3.71. The van der Waals surface area contributed by atoms with E-state index in [2.05, 4.69) is 0 Å². The van der Waals surface area contributed by atoms with E-state index in [9.17, 15) is 9.90 Å². The molecule has 1 aliphatic carbocycles. The van der Waals surface area contributed by atoms with Gasteiger partial charge in [-0.1, -0.05) is 0 Å². The van der Waals surface area contributed by atoms with Crippen molar-refractivity contribution in [2.24, 2.45) is 0 Å². The number of benzene rings is 1. The number of hydrogen-bond donors (Lipinski definition) is 1. The molecule has 0 aliphatic heterocycles. The van der Waals surface area contributed by atoms with E-state index in [0.29, 0.717) is 11.3 Å². The fourth-order valence-electron chi connectivity index (χ4n) is 2.52. The normalized spacial score (nSPS) is 14.4. The number of ether oxygens (including phenoxy) is 1. The van der Waals surface area contributed by atoms with Gasteiger partial charge in [-0.2, -0.15) is 0 Å². The lowest BCUT2D eigenvalue weighted by atomic mass is 9.85. The number of carboxylic acid groups (broad SMARTS) is 1. The molecule has 2 rings (SSSR count). The van der Waals surface area contributed by atoms with Gasteiger partial charge in [0.25, 0.3) is 0 Å². The Kier molecular flexibility index (Phi) is 2.86. The molecule has 3 heteroatoms. The average molecular weight is 220 g/mol. The molecule has 1 aliphatic rings. The molecule has 0 saturated carbocycles. The number of carbonyl (C=O) groups is 1. The molecule has 0 radical (unpaired) electrons. The fourth-order valence-corrected chi connectivity index (χ4v) is 2.52. The molecule has 3 nitrogen and oxygen atoms in total. The van der Waals surface area contributed by atoms with Crippen LogP contribution in [0.5, 0.6) is 5.75 Å². The largest absolute Gasteiger partial charge is 0.496 e. The third kappa shape index (κ3) is 1.66. The third-order valence-electron chi connectivity index (χ3n) is 3.27. The Labute approximate surface area is 95.0 Å². The van der Waals surface area contributed by atoms with Crippen molar-refractivity contribution in [1.29, 1.82) is 0 Å². The van der Waals surface area contributed by atoms with Crippen molar-refractivity contribution >= 4 is 5.97 Å². The second-order valence-corrected chi connectivity index (χ2v) is 4.24.